The maximum Gasteiger partial charge on any atom is 0.345 e. The Balaban J connectivity index is 0.00000157. The second-order valence-electron chi connectivity index (χ2n) is 6.67. The van der Waals surface area contributed by atoms with E-state index in [1.807, 2.05) is 6.92 Å². The van der Waals surface area contributed by atoms with Crippen LogP contribution < -0.4 is 10.5 Å². The predicted octanol–water partition coefficient (Wildman–Crippen LogP) is 1.69. The molecule has 3 aliphatic rings. The van der Waals surface area contributed by atoms with Gasteiger partial charge in [0.25, 0.3) is 5.56 Å². The lowest BCUT2D eigenvalue weighted by molar-refractivity contribution is -0.122. The van der Waals surface area contributed by atoms with Gasteiger partial charge in [0.1, 0.15) is 10.9 Å². The second kappa shape index (κ2) is 5.54. The molecule has 0 N–H and O–H groups in total. The first-order valence-electron chi connectivity index (χ1n) is 8.20. The van der Waals surface area contributed by atoms with Gasteiger partial charge in [-0.1, -0.05) is 7.43 Å². The Morgan fingerprint density at radius 3 is 2.80 bits per heavy atom. The van der Waals surface area contributed by atoms with E-state index in [4.69, 9.17) is 0 Å². The topological polar surface area (TPSA) is 91.2 Å². The fraction of sp³-hybridized carbons (Fsp3) is 0.529. The lowest BCUT2D eigenvalue weighted by Crippen LogP contribution is -2.48. The molecule has 3 unspecified atom stereocenters. The number of rotatable bonds is 1. The van der Waals surface area contributed by atoms with Crippen molar-refractivity contribution in [1.29, 1.82) is 0 Å². The van der Waals surface area contributed by atoms with Crippen LogP contribution in [0.5, 0.6) is 0 Å². The molecule has 1 aliphatic carbocycles. The smallest absolute Gasteiger partial charge is 0.345 e. The highest BCUT2D eigenvalue weighted by Crippen LogP contribution is 2.41. The Labute approximate surface area is 148 Å². The summed E-state index contributed by atoms with van der Waals surface area (Å²) in [7, 11) is 0. The summed E-state index contributed by atoms with van der Waals surface area (Å²) >= 11 is -1.30. The summed E-state index contributed by atoms with van der Waals surface area (Å²) in [5, 5.41) is 0.947. The van der Waals surface area contributed by atoms with Crippen molar-refractivity contribution in [1.82, 2.24) is 14.5 Å². The average molecular weight is 360 g/mol. The van der Waals surface area contributed by atoms with E-state index in [9.17, 15) is 14.1 Å². The average Bonchev–Trinajstić information content (AvgIpc) is 3.02. The summed E-state index contributed by atoms with van der Waals surface area (Å²) in [6.07, 6.45) is 4.67. The van der Waals surface area contributed by atoms with Gasteiger partial charge < -0.3 is 9.45 Å². The zero-order chi connectivity index (χ0) is 16.6. The normalized spacial score (nSPS) is 27.0. The van der Waals surface area contributed by atoms with Crippen molar-refractivity contribution < 1.29 is 9.35 Å². The standard InChI is InChI=1S/C16H16N4O3S.CH4/c1-8-9-7-17-16-18-14(9)20(10-3-2-4-11(10)24(16)23)15(22)13(8)19-6-5-12(19)21;/h7,10-11H,2-6H2,1H3;1H4. The van der Waals surface area contributed by atoms with Gasteiger partial charge in [0.05, 0.1) is 6.04 Å². The van der Waals surface area contributed by atoms with E-state index < -0.39 is 11.2 Å². The van der Waals surface area contributed by atoms with E-state index in [2.05, 4.69) is 9.97 Å². The van der Waals surface area contributed by atoms with Crippen LogP contribution in [0, 0.1) is 6.92 Å². The number of aryl methyl sites for hydroxylation is 1. The molecule has 0 aromatic carbocycles. The highest BCUT2D eigenvalue weighted by atomic mass is 32.2. The van der Waals surface area contributed by atoms with Gasteiger partial charge in [-0.15, -0.1) is 0 Å². The summed E-state index contributed by atoms with van der Waals surface area (Å²) < 4.78 is 14.5. The molecule has 132 valence electrons. The molecule has 25 heavy (non-hydrogen) atoms. The van der Waals surface area contributed by atoms with E-state index in [0.717, 1.165) is 30.2 Å². The van der Waals surface area contributed by atoms with Crippen molar-refractivity contribution in [2.75, 3.05) is 11.4 Å². The third-order valence-corrected chi connectivity index (χ3v) is 7.14. The Bertz CT molecular complexity index is 957. The van der Waals surface area contributed by atoms with Gasteiger partial charge in [0.15, 0.2) is 5.65 Å². The van der Waals surface area contributed by atoms with Gasteiger partial charge >= 0.3 is 5.16 Å². The number of hydrogen-bond donors (Lipinski definition) is 0. The van der Waals surface area contributed by atoms with E-state index in [1.54, 1.807) is 15.7 Å². The molecule has 2 fully saturated rings. The lowest BCUT2D eigenvalue weighted by Gasteiger charge is -2.32. The highest BCUT2D eigenvalue weighted by molar-refractivity contribution is 7.91. The Morgan fingerprint density at radius 1 is 1.32 bits per heavy atom. The zero-order valence-corrected chi connectivity index (χ0v) is 14.0. The monoisotopic (exact) mass is 360 g/mol. The molecular weight excluding hydrogens is 340 g/mol. The number of nitrogens with zero attached hydrogens (tertiary/aromatic N) is 4. The third-order valence-electron chi connectivity index (χ3n) is 5.48. The SMILES string of the molecule is C.Cc1c(N2CCC2=O)c(=O)n2c3nc(ncc13)[S+]([O-])C1CCCC12. The summed E-state index contributed by atoms with van der Waals surface area (Å²) in [4.78, 5) is 35.5. The second-order valence-corrected chi connectivity index (χ2v) is 8.23. The minimum absolute atomic E-state index is 0. The molecule has 8 heteroatoms. The summed E-state index contributed by atoms with van der Waals surface area (Å²) in [6.45, 7) is 2.40. The first-order chi connectivity index (χ1) is 11.6. The lowest BCUT2D eigenvalue weighted by atomic mass is 10.1. The van der Waals surface area contributed by atoms with Gasteiger partial charge in [-0.05, 0) is 31.7 Å². The van der Waals surface area contributed by atoms with Crippen molar-refractivity contribution in [3.8, 4) is 0 Å². The summed E-state index contributed by atoms with van der Waals surface area (Å²) in [5.41, 5.74) is 1.54. The molecule has 7 nitrogen and oxygen atoms in total. The molecule has 2 aromatic heterocycles. The van der Waals surface area contributed by atoms with Crippen molar-refractivity contribution in [3.63, 3.8) is 0 Å². The van der Waals surface area contributed by atoms with E-state index >= 15 is 0 Å². The van der Waals surface area contributed by atoms with Crippen molar-refractivity contribution >= 4 is 33.8 Å². The number of anilines is 1. The molecule has 1 saturated heterocycles. The van der Waals surface area contributed by atoms with Crippen molar-refractivity contribution in [2.24, 2.45) is 0 Å². The van der Waals surface area contributed by atoms with E-state index in [1.165, 1.54) is 0 Å². The largest absolute Gasteiger partial charge is 0.609 e. The number of aromatic nitrogens is 3. The quantitative estimate of drug-likeness (QED) is 0.438. The maximum atomic E-state index is 13.3. The fourth-order valence-electron chi connectivity index (χ4n) is 4.16. The van der Waals surface area contributed by atoms with Crippen LogP contribution >= 0.6 is 0 Å². The molecule has 2 aliphatic heterocycles. The summed E-state index contributed by atoms with van der Waals surface area (Å²) in [6, 6.07) is -0.134. The van der Waals surface area contributed by atoms with Crippen LogP contribution in [-0.2, 0) is 16.0 Å². The molecule has 0 radical (unpaired) electrons. The van der Waals surface area contributed by atoms with Crippen LogP contribution in [0.3, 0.4) is 0 Å². The van der Waals surface area contributed by atoms with Gasteiger partial charge in [0, 0.05) is 35.7 Å². The molecule has 5 rings (SSSR count). The van der Waals surface area contributed by atoms with Gasteiger partial charge in [-0.2, -0.15) is 9.97 Å². The zero-order valence-electron chi connectivity index (χ0n) is 13.2. The Hall–Kier alpha value is -1.93. The Morgan fingerprint density at radius 2 is 2.12 bits per heavy atom. The number of carbonyl (C=O) groups is 1. The molecule has 2 bridgehead atoms. The van der Waals surface area contributed by atoms with Gasteiger partial charge in [-0.3, -0.25) is 14.2 Å². The van der Waals surface area contributed by atoms with Crippen LogP contribution in [0.2, 0.25) is 0 Å². The number of pyridine rings is 1. The number of carbonyl (C=O) groups excluding carboxylic acids is 1. The molecule has 2 aromatic rings. The van der Waals surface area contributed by atoms with Crippen LogP contribution in [0.25, 0.3) is 11.0 Å². The Kier molecular flexibility index (Phi) is 3.66. The summed E-state index contributed by atoms with van der Waals surface area (Å²) in [5.74, 6) is -0.0277. The highest BCUT2D eigenvalue weighted by Gasteiger charge is 2.44. The van der Waals surface area contributed by atoms with Crippen molar-refractivity contribution in [2.45, 2.75) is 56.5 Å². The number of amides is 1. The molecule has 0 spiro atoms. The molecule has 1 saturated carbocycles. The minimum Gasteiger partial charge on any atom is -0.609 e. The van der Waals surface area contributed by atoms with Crippen LogP contribution in [-0.4, -0.2) is 36.8 Å². The van der Waals surface area contributed by atoms with Crippen LogP contribution in [0.15, 0.2) is 16.1 Å². The number of β-lactam (4-membered cyclic amide) rings is 1. The molecule has 4 heterocycles. The van der Waals surface area contributed by atoms with Gasteiger partial charge in [0.2, 0.25) is 5.91 Å². The van der Waals surface area contributed by atoms with Crippen LogP contribution in [0.4, 0.5) is 5.69 Å². The first-order valence-corrected chi connectivity index (χ1v) is 9.42. The molecular formula is C17H20N4O3S. The van der Waals surface area contributed by atoms with Crippen molar-refractivity contribution in [3.05, 3.63) is 22.1 Å². The van der Waals surface area contributed by atoms with Crippen LogP contribution in [0.1, 0.15) is 44.7 Å². The predicted molar refractivity (Wildman–Crippen MR) is 95.3 cm³/mol. The van der Waals surface area contributed by atoms with E-state index in [-0.39, 0.29) is 30.2 Å². The van der Waals surface area contributed by atoms with Gasteiger partial charge in [-0.25, -0.2) is 0 Å². The minimum atomic E-state index is -1.30. The number of fused-ring (bicyclic) bond motifs is 3. The fourth-order valence-corrected chi connectivity index (χ4v) is 5.69. The third kappa shape index (κ3) is 2.04. The number of hydrogen-bond acceptors (Lipinski definition) is 5. The molecule has 1 amide bonds. The maximum absolute atomic E-state index is 13.3. The first kappa shape index (κ1) is 16.5. The molecule has 3 atom stereocenters. The van der Waals surface area contributed by atoms with E-state index in [0.29, 0.717) is 29.5 Å².